The van der Waals surface area contributed by atoms with Crippen molar-refractivity contribution in [3.63, 3.8) is 0 Å². The molecule has 0 unspecified atom stereocenters. The van der Waals surface area contributed by atoms with Crippen LogP contribution in [0.15, 0.2) is 67.4 Å². The van der Waals surface area contributed by atoms with Gasteiger partial charge in [0.25, 0.3) is 5.56 Å². The Morgan fingerprint density at radius 2 is 1.92 bits per heavy atom. The van der Waals surface area contributed by atoms with E-state index in [2.05, 4.69) is 41.9 Å². The number of hydrogen-bond donors (Lipinski definition) is 0. The highest BCUT2D eigenvalue weighted by Crippen LogP contribution is 2.35. The summed E-state index contributed by atoms with van der Waals surface area (Å²) in [5.41, 5.74) is 2.08. The third-order valence-corrected chi connectivity index (χ3v) is 6.96. The predicted molar refractivity (Wildman–Crippen MR) is 148 cm³/mol. The van der Waals surface area contributed by atoms with E-state index < -0.39 is 0 Å². The first-order valence-corrected chi connectivity index (χ1v) is 13.2. The Hall–Kier alpha value is -3.37. The number of aromatic nitrogens is 2. The Kier molecular flexibility index (Phi) is 7.48. The molecular formula is C27H23Br2N3O5. The molecule has 10 heteroatoms. The average molecular weight is 629 g/mol. The van der Waals surface area contributed by atoms with Crippen molar-refractivity contribution in [1.29, 1.82) is 0 Å². The monoisotopic (exact) mass is 627 g/mol. The highest BCUT2D eigenvalue weighted by molar-refractivity contribution is 9.10. The van der Waals surface area contributed by atoms with Crippen LogP contribution in [0.3, 0.4) is 0 Å². The standard InChI is InChI=1S/C27H23Br2N3O5/c1-3-4-26-31-21-7-6-18(28)11-19(21)27(33)32(26)30-13-17-10-23(34-2)25(12-20(17)29)35-14-16-5-8-22-24(9-16)37-15-36-22/h5-13H,3-4,14-15H2,1-2H3. The average Bonchev–Trinajstić information content (AvgIpc) is 3.37. The molecule has 190 valence electrons. The van der Waals surface area contributed by atoms with Gasteiger partial charge in [0.2, 0.25) is 6.79 Å². The summed E-state index contributed by atoms with van der Waals surface area (Å²) in [7, 11) is 1.58. The topological polar surface area (TPSA) is 84.2 Å². The molecule has 0 atom stereocenters. The van der Waals surface area contributed by atoms with Gasteiger partial charge in [-0.15, -0.1) is 0 Å². The minimum atomic E-state index is -0.224. The van der Waals surface area contributed by atoms with E-state index in [0.717, 1.165) is 32.2 Å². The number of rotatable bonds is 8. The molecule has 0 N–H and O–H groups in total. The van der Waals surface area contributed by atoms with Gasteiger partial charge in [0.05, 0.1) is 24.2 Å². The van der Waals surface area contributed by atoms with Crippen LogP contribution in [0, 0.1) is 0 Å². The lowest BCUT2D eigenvalue weighted by Crippen LogP contribution is -2.22. The first-order chi connectivity index (χ1) is 18.0. The molecule has 5 rings (SSSR count). The van der Waals surface area contributed by atoms with Gasteiger partial charge < -0.3 is 18.9 Å². The van der Waals surface area contributed by atoms with E-state index in [1.807, 2.05) is 43.3 Å². The van der Waals surface area contributed by atoms with Crippen LogP contribution in [0.1, 0.15) is 30.3 Å². The fraction of sp³-hybridized carbons (Fsp3) is 0.222. The van der Waals surface area contributed by atoms with Crippen LogP contribution in [-0.4, -0.2) is 29.8 Å². The van der Waals surface area contributed by atoms with E-state index >= 15 is 0 Å². The van der Waals surface area contributed by atoms with Crippen LogP contribution in [0.2, 0.25) is 0 Å². The maximum absolute atomic E-state index is 13.3. The predicted octanol–water partition coefficient (Wildman–Crippen LogP) is 6.07. The Morgan fingerprint density at radius 1 is 1.08 bits per heavy atom. The largest absolute Gasteiger partial charge is 0.493 e. The molecule has 0 aliphatic carbocycles. The van der Waals surface area contributed by atoms with E-state index in [9.17, 15) is 4.79 Å². The lowest BCUT2D eigenvalue weighted by atomic mass is 10.2. The van der Waals surface area contributed by atoms with Gasteiger partial charge in [-0.2, -0.15) is 9.78 Å². The van der Waals surface area contributed by atoms with E-state index in [0.29, 0.717) is 47.0 Å². The number of hydrogen-bond acceptors (Lipinski definition) is 7. The summed E-state index contributed by atoms with van der Waals surface area (Å²) in [6.45, 7) is 2.58. The van der Waals surface area contributed by atoms with Crippen LogP contribution in [0.25, 0.3) is 10.9 Å². The lowest BCUT2D eigenvalue weighted by molar-refractivity contribution is 0.174. The zero-order chi connectivity index (χ0) is 25.9. The summed E-state index contributed by atoms with van der Waals surface area (Å²) in [4.78, 5) is 17.9. The first-order valence-electron chi connectivity index (χ1n) is 11.6. The number of halogens is 2. The molecule has 0 spiro atoms. The fourth-order valence-electron chi connectivity index (χ4n) is 3.93. The fourth-order valence-corrected chi connectivity index (χ4v) is 4.72. The molecule has 4 aromatic rings. The zero-order valence-electron chi connectivity index (χ0n) is 20.2. The maximum atomic E-state index is 13.3. The molecule has 2 heterocycles. The molecule has 8 nitrogen and oxygen atoms in total. The minimum Gasteiger partial charge on any atom is -0.493 e. The molecule has 3 aromatic carbocycles. The second kappa shape index (κ2) is 10.9. The smallest absolute Gasteiger partial charge is 0.282 e. The highest BCUT2D eigenvalue weighted by atomic mass is 79.9. The van der Waals surface area contributed by atoms with Crippen LogP contribution in [0.5, 0.6) is 23.0 Å². The summed E-state index contributed by atoms with van der Waals surface area (Å²) in [5.74, 6) is 3.12. The lowest BCUT2D eigenvalue weighted by Gasteiger charge is -2.13. The molecule has 0 saturated heterocycles. The number of nitrogens with zero attached hydrogens (tertiary/aromatic N) is 3. The Bertz CT molecular complexity index is 1570. The summed E-state index contributed by atoms with van der Waals surface area (Å²) in [5, 5.41) is 5.01. The summed E-state index contributed by atoms with van der Waals surface area (Å²) in [6.07, 6.45) is 3.06. The van der Waals surface area contributed by atoms with Gasteiger partial charge in [-0.05, 0) is 70.4 Å². The summed E-state index contributed by atoms with van der Waals surface area (Å²) < 4.78 is 25.3. The molecule has 0 amide bonds. The Morgan fingerprint density at radius 3 is 2.73 bits per heavy atom. The van der Waals surface area contributed by atoms with Crippen molar-refractivity contribution in [2.24, 2.45) is 5.10 Å². The quantitative estimate of drug-likeness (QED) is 0.220. The van der Waals surface area contributed by atoms with Crippen LogP contribution >= 0.6 is 31.9 Å². The molecule has 1 aliphatic heterocycles. The van der Waals surface area contributed by atoms with Crippen LogP contribution in [0.4, 0.5) is 0 Å². The van der Waals surface area contributed by atoms with E-state index in [-0.39, 0.29) is 12.4 Å². The third-order valence-electron chi connectivity index (χ3n) is 5.78. The van der Waals surface area contributed by atoms with Gasteiger partial charge in [0, 0.05) is 20.9 Å². The maximum Gasteiger partial charge on any atom is 0.282 e. The second-order valence-corrected chi connectivity index (χ2v) is 10.1. The van der Waals surface area contributed by atoms with Gasteiger partial charge >= 0.3 is 0 Å². The van der Waals surface area contributed by atoms with Crippen molar-refractivity contribution in [2.45, 2.75) is 26.4 Å². The van der Waals surface area contributed by atoms with Gasteiger partial charge in [-0.3, -0.25) is 4.79 Å². The molecule has 1 aliphatic rings. The van der Waals surface area contributed by atoms with Crippen molar-refractivity contribution in [2.75, 3.05) is 13.9 Å². The van der Waals surface area contributed by atoms with Gasteiger partial charge in [0.1, 0.15) is 12.4 Å². The van der Waals surface area contributed by atoms with E-state index in [4.69, 9.17) is 18.9 Å². The van der Waals surface area contributed by atoms with Crippen molar-refractivity contribution in [1.82, 2.24) is 9.66 Å². The molecular weight excluding hydrogens is 606 g/mol. The zero-order valence-corrected chi connectivity index (χ0v) is 23.3. The van der Waals surface area contributed by atoms with Crippen molar-refractivity contribution in [3.05, 3.63) is 84.8 Å². The van der Waals surface area contributed by atoms with Crippen LogP contribution < -0.4 is 24.5 Å². The normalized spacial score (nSPS) is 12.4. The number of methoxy groups -OCH3 is 1. The van der Waals surface area contributed by atoms with Gasteiger partial charge in [-0.25, -0.2) is 4.98 Å². The number of fused-ring (bicyclic) bond motifs is 2. The van der Waals surface area contributed by atoms with E-state index in [1.54, 1.807) is 25.5 Å². The number of aryl methyl sites for hydroxylation is 1. The van der Waals surface area contributed by atoms with Gasteiger partial charge in [0.15, 0.2) is 23.0 Å². The molecule has 0 bridgehead atoms. The number of benzene rings is 3. The molecule has 37 heavy (non-hydrogen) atoms. The Balaban J connectivity index is 1.43. The van der Waals surface area contributed by atoms with Gasteiger partial charge in [-0.1, -0.05) is 28.9 Å². The number of ether oxygens (including phenoxy) is 4. The first kappa shape index (κ1) is 25.3. The SMILES string of the molecule is CCCc1nc2ccc(Br)cc2c(=O)n1N=Cc1cc(OC)c(OCc2ccc3c(c2)OCO3)cc1Br. The molecule has 0 saturated carbocycles. The summed E-state index contributed by atoms with van der Waals surface area (Å²) in [6, 6.07) is 14.8. The Labute approximate surface area is 230 Å². The molecule has 0 radical (unpaired) electrons. The van der Waals surface area contributed by atoms with Crippen LogP contribution in [-0.2, 0) is 13.0 Å². The van der Waals surface area contributed by atoms with Crippen molar-refractivity contribution >= 4 is 49.0 Å². The van der Waals surface area contributed by atoms with Crippen molar-refractivity contribution < 1.29 is 18.9 Å². The second-order valence-electron chi connectivity index (χ2n) is 8.30. The minimum absolute atomic E-state index is 0.224. The molecule has 1 aromatic heterocycles. The third kappa shape index (κ3) is 5.35. The highest BCUT2D eigenvalue weighted by Gasteiger charge is 2.15. The summed E-state index contributed by atoms with van der Waals surface area (Å²) >= 11 is 7.03. The van der Waals surface area contributed by atoms with Crippen molar-refractivity contribution in [3.8, 4) is 23.0 Å². The van der Waals surface area contributed by atoms with E-state index in [1.165, 1.54) is 4.68 Å². The molecule has 0 fully saturated rings.